The molecule has 2 aromatic heterocycles. The van der Waals surface area contributed by atoms with Crippen molar-refractivity contribution in [3.63, 3.8) is 0 Å². The van der Waals surface area contributed by atoms with E-state index in [2.05, 4.69) is 20.4 Å². The van der Waals surface area contributed by atoms with Crippen LogP contribution in [-0.4, -0.2) is 39.5 Å². The van der Waals surface area contributed by atoms with Crippen LogP contribution in [0.25, 0.3) is 5.69 Å². The summed E-state index contributed by atoms with van der Waals surface area (Å²) >= 11 is 0. The molecular formula is C24H24N8O4. The second-order valence-corrected chi connectivity index (χ2v) is 8.03. The molecule has 12 nitrogen and oxygen atoms in total. The highest BCUT2D eigenvalue weighted by atomic mass is 16.7. The Bertz CT molecular complexity index is 1460. The minimum atomic E-state index is -0.610. The molecule has 4 aromatic rings. The summed E-state index contributed by atoms with van der Waals surface area (Å²) in [6.45, 7) is 0.480. The zero-order valence-corrected chi connectivity index (χ0v) is 19.3. The third-order valence-corrected chi connectivity index (χ3v) is 5.71. The van der Waals surface area contributed by atoms with Crippen molar-refractivity contribution in [1.82, 2.24) is 19.7 Å². The minimum Gasteiger partial charge on any atom is -0.493 e. The molecule has 0 saturated carbocycles. The molecule has 0 aliphatic carbocycles. The molecule has 5 rings (SSSR count). The summed E-state index contributed by atoms with van der Waals surface area (Å²) in [6.07, 6.45) is 1.54. The summed E-state index contributed by atoms with van der Waals surface area (Å²) < 4.78 is 17.8. The molecule has 1 aliphatic rings. The molecule has 1 unspecified atom stereocenters. The molecule has 3 heterocycles. The first-order valence-electron chi connectivity index (χ1n) is 11.0. The molecule has 1 aliphatic heterocycles. The third kappa shape index (κ3) is 4.32. The van der Waals surface area contributed by atoms with E-state index in [1.165, 1.54) is 10.9 Å². The van der Waals surface area contributed by atoms with Gasteiger partial charge in [-0.1, -0.05) is 0 Å². The number of nitrogen functional groups attached to an aromatic ring is 2. The summed E-state index contributed by atoms with van der Waals surface area (Å²) in [4.78, 5) is 19.8. The summed E-state index contributed by atoms with van der Waals surface area (Å²) in [6, 6.07) is 13.5. The first kappa shape index (κ1) is 22.9. The Kier molecular flexibility index (Phi) is 6.00. The van der Waals surface area contributed by atoms with Crippen molar-refractivity contribution in [1.29, 1.82) is 5.41 Å². The topological polar surface area (TPSA) is 179 Å². The minimum absolute atomic E-state index is 0.0327. The molecule has 0 spiro atoms. The first-order valence-corrected chi connectivity index (χ1v) is 11.0. The van der Waals surface area contributed by atoms with Crippen LogP contribution in [0.5, 0.6) is 11.5 Å². The number of H-pyrrole nitrogens is 1. The van der Waals surface area contributed by atoms with E-state index in [-0.39, 0.29) is 18.4 Å². The van der Waals surface area contributed by atoms with Gasteiger partial charge in [0, 0.05) is 23.0 Å². The Morgan fingerprint density at radius 3 is 2.81 bits per heavy atom. The number of aromatic nitrogens is 4. The van der Waals surface area contributed by atoms with E-state index >= 15 is 0 Å². The molecule has 7 N–H and O–H groups in total. The van der Waals surface area contributed by atoms with Crippen molar-refractivity contribution in [2.45, 2.75) is 12.6 Å². The maximum absolute atomic E-state index is 12.9. The van der Waals surface area contributed by atoms with Crippen molar-refractivity contribution < 1.29 is 14.2 Å². The highest BCUT2D eigenvalue weighted by molar-refractivity contribution is 5.95. The SMILES string of the molecule is COc1cc(C(Nc2ccc(C(=N)N)cc2)c2nn(-c3cccnc3N)c(=O)[nH]2)cc2c1OCOC2. The number of hydrogen-bond donors (Lipinski definition) is 5. The lowest BCUT2D eigenvalue weighted by atomic mass is 10.0. The average Bonchev–Trinajstić information content (AvgIpc) is 3.27. The van der Waals surface area contributed by atoms with Crippen molar-refractivity contribution >= 4 is 17.3 Å². The Morgan fingerprint density at radius 1 is 1.28 bits per heavy atom. The number of fused-ring (bicyclic) bond motifs is 1. The molecule has 0 fully saturated rings. The van der Waals surface area contributed by atoms with Crippen LogP contribution in [0, 0.1) is 5.41 Å². The highest BCUT2D eigenvalue weighted by Gasteiger charge is 2.25. The smallest absolute Gasteiger partial charge is 0.348 e. The molecule has 12 heteroatoms. The first-order chi connectivity index (χ1) is 17.4. The van der Waals surface area contributed by atoms with Gasteiger partial charge in [0.2, 0.25) is 0 Å². The summed E-state index contributed by atoms with van der Waals surface area (Å²) in [5.41, 5.74) is 14.3. The Labute approximate surface area is 205 Å². The number of rotatable bonds is 7. The van der Waals surface area contributed by atoms with Gasteiger partial charge in [-0.25, -0.2) is 9.78 Å². The molecule has 0 saturated heterocycles. The maximum atomic E-state index is 12.9. The van der Waals surface area contributed by atoms with Crippen LogP contribution < -0.4 is 31.9 Å². The normalized spacial score (nSPS) is 13.4. The predicted molar refractivity (Wildman–Crippen MR) is 133 cm³/mol. The fourth-order valence-electron chi connectivity index (χ4n) is 3.97. The number of nitrogens with zero attached hydrogens (tertiary/aromatic N) is 3. The van der Waals surface area contributed by atoms with Gasteiger partial charge >= 0.3 is 5.69 Å². The number of hydrogen-bond acceptors (Lipinski definition) is 9. The molecule has 36 heavy (non-hydrogen) atoms. The lowest BCUT2D eigenvalue weighted by Gasteiger charge is -2.24. The molecule has 0 amide bonds. The summed E-state index contributed by atoms with van der Waals surface area (Å²) in [5, 5.41) is 15.6. The maximum Gasteiger partial charge on any atom is 0.348 e. The van der Waals surface area contributed by atoms with E-state index in [1.54, 1.807) is 43.5 Å². The van der Waals surface area contributed by atoms with Gasteiger partial charge in [-0.2, -0.15) is 4.68 Å². The monoisotopic (exact) mass is 488 g/mol. The predicted octanol–water partition coefficient (Wildman–Crippen LogP) is 1.90. The van der Waals surface area contributed by atoms with E-state index in [4.69, 9.17) is 31.1 Å². The molecule has 2 aromatic carbocycles. The van der Waals surface area contributed by atoms with Crippen molar-refractivity contribution in [3.8, 4) is 17.2 Å². The van der Waals surface area contributed by atoms with Gasteiger partial charge in [0.25, 0.3) is 0 Å². The molecule has 0 bridgehead atoms. The van der Waals surface area contributed by atoms with E-state index in [0.717, 1.165) is 11.1 Å². The third-order valence-electron chi connectivity index (χ3n) is 5.71. The molecular weight excluding hydrogens is 464 g/mol. The quantitative estimate of drug-likeness (QED) is 0.192. The summed E-state index contributed by atoms with van der Waals surface area (Å²) in [7, 11) is 1.56. The number of anilines is 2. The largest absolute Gasteiger partial charge is 0.493 e. The van der Waals surface area contributed by atoms with Crippen LogP contribution in [0.1, 0.15) is 28.6 Å². The second kappa shape index (κ2) is 9.43. The van der Waals surface area contributed by atoms with E-state index in [0.29, 0.717) is 40.9 Å². The van der Waals surface area contributed by atoms with Gasteiger partial charge in [0.05, 0.1) is 13.7 Å². The number of nitrogens with one attached hydrogen (secondary N) is 3. The van der Waals surface area contributed by atoms with Crippen LogP contribution >= 0.6 is 0 Å². The number of aromatic amines is 1. The second-order valence-electron chi connectivity index (χ2n) is 8.03. The van der Waals surface area contributed by atoms with Gasteiger partial charge < -0.3 is 31.0 Å². The van der Waals surface area contributed by atoms with Crippen LogP contribution in [0.15, 0.2) is 59.5 Å². The highest BCUT2D eigenvalue weighted by Crippen LogP contribution is 2.38. The van der Waals surface area contributed by atoms with Crippen molar-refractivity contribution in [2.24, 2.45) is 5.73 Å². The van der Waals surface area contributed by atoms with Gasteiger partial charge in [0.15, 0.2) is 24.1 Å². The van der Waals surface area contributed by atoms with Crippen LogP contribution in [0.4, 0.5) is 11.5 Å². The number of methoxy groups -OCH3 is 1. The van der Waals surface area contributed by atoms with E-state index in [1.807, 2.05) is 12.1 Å². The number of ether oxygens (including phenoxy) is 3. The molecule has 184 valence electrons. The Morgan fingerprint density at radius 2 is 2.08 bits per heavy atom. The Hall–Kier alpha value is -4.84. The standard InChI is InChI=1S/C24H24N8O4/c1-34-18-10-14(9-15-11-35-12-36-20(15)18)19(29-16-6-4-13(5-7-16)21(25)26)23-30-24(33)32(31-23)17-3-2-8-28-22(17)27/h2-10,19,29H,11-12H2,1H3,(H3,25,26)(H2,27,28)(H,30,31,33). The van der Waals surface area contributed by atoms with Gasteiger partial charge in [-0.3, -0.25) is 10.4 Å². The fraction of sp³-hybridized carbons (Fsp3) is 0.167. The van der Waals surface area contributed by atoms with E-state index in [9.17, 15) is 4.79 Å². The fourth-order valence-corrected chi connectivity index (χ4v) is 3.97. The van der Waals surface area contributed by atoms with Crippen LogP contribution in [-0.2, 0) is 11.3 Å². The molecule has 1 atom stereocenters. The zero-order chi connectivity index (χ0) is 25.2. The van der Waals surface area contributed by atoms with E-state index < -0.39 is 11.7 Å². The Balaban J connectivity index is 1.62. The van der Waals surface area contributed by atoms with Gasteiger partial charge in [0.1, 0.15) is 23.4 Å². The summed E-state index contributed by atoms with van der Waals surface area (Å²) in [5.74, 6) is 1.61. The van der Waals surface area contributed by atoms with Gasteiger partial charge in [-0.15, -0.1) is 5.10 Å². The average molecular weight is 489 g/mol. The lowest BCUT2D eigenvalue weighted by Crippen LogP contribution is -2.18. The number of benzene rings is 2. The molecule has 0 radical (unpaired) electrons. The van der Waals surface area contributed by atoms with Gasteiger partial charge in [-0.05, 0) is 54.1 Å². The van der Waals surface area contributed by atoms with Crippen LogP contribution in [0.3, 0.4) is 0 Å². The number of pyridine rings is 1. The van der Waals surface area contributed by atoms with Crippen LogP contribution in [0.2, 0.25) is 0 Å². The number of amidine groups is 1. The van der Waals surface area contributed by atoms with Crippen molar-refractivity contribution in [3.05, 3.63) is 87.7 Å². The zero-order valence-electron chi connectivity index (χ0n) is 19.3. The lowest BCUT2D eigenvalue weighted by molar-refractivity contribution is -0.0180. The van der Waals surface area contributed by atoms with Crippen molar-refractivity contribution in [2.75, 3.05) is 25.0 Å². The number of nitrogens with two attached hydrogens (primary N) is 2.